The summed E-state index contributed by atoms with van der Waals surface area (Å²) < 4.78 is 7.22. The largest absolute Gasteiger partial charge is 0.495 e. The van der Waals surface area contributed by atoms with E-state index in [0.717, 1.165) is 44.1 Å². The molecule has 0 heterocycles. The Kier molecular flexibility index (Phi) is 6.50. The molecule has 1 aliphatic rings. The molecule has 0 spiro atoms. The van der Waals surface area contributed by atoms with Crippen molar-refractivity contribution in [1.29, 1.82) is 5.26 Å². The fourth-order valence-electron chi connectivity index (χ4n) is 2.51. The van der Waals surface area contributed by atoms with Crippen molar-refractivity contribution < 1.29 is 9.53 Å². The van der Waals surface area contributed by atoms with Gasteiger partial charge in [-0.2, -0.15) is 5.26 Å². The van der Waals surface area contributed by atoms with E-state index in [1.54, 1.807) is 13.2 Å². The lowest BCUT2D eigenvalue weighted by Crippen LogP contribution is -2.33. The Balaban J connectivity index is 2.21. The Hall–Kier alpha value is -0.820. The highest BCUT2D eigenvalue weighted by Gasteiger charge is 2.19. The molecule has 4 nitrogen and oxygen atoms in total. The average molecular weight is 522 g/mol. The first-order valence-electron chi connectivity index (χ1n) is 7.01. The van der Waals surface area contributed by atoms with E-state index in [9.17, 15) is 10.1 Å². The van der Waals surface area contributed by atoms with Crippen LogP contribution >= 0.6 is 45.2 Å². The normalized spacial score (nSPS) is 15.5. The number of hydrogen-bond donors (Lipinski definition) is 1. The van der Waals surface area contributed by atoms with Gasteiger partial charge in [-0.3, -0.25) is 4.79 Å². The van der Waals surface area contributed by atoms with Crippen LogP contribution in [0.15, 0.2) is 17.7 Å². The van der Waals surface area contributed by atoms with Gasteiger partial charge in [0.2, 0.25) is 0 Å². The summed E-state index contributed by atoms with van der Waals surface area (Å²) in [6.45, 7) is 0. The third-order valence-electron chi connectivity index (χ3n) is 3.59. The van der Waals surface area contributed by atoms with Crippen LogP contribution in [0.25, 0.3) is 6.08 Å². The van der Waals surface area contributed by atoms with E-state index in [2.05, 4.69) is 50.5 Å². The summed E-state index contributed by atoms with van der Waals surface area (Å²) in [5, 5.41) is 12.2. The van der Waals surface area contributed by atoms with E-state index in [0.29, 0.717) is 0 Å². The second-order valence-corrected chi connectivity index (χ2v) is 7.47. The van der Waals surface area contributed by atoms with Crippen molar-refractivity contribution in [2.75, 3.05) is 7.11 Å². The maximum Gasteiger partial charge on any atom is 0.262 e. The van der Waals surface area contributed by atoms with Crippen LogP contribution in [0, 0.1) is 18.5 Å². The van der Waals surface area contributed by atoms with Gasteiger partial charge in [0.1, 0.15) is 17.4 Å². The molecule has 0 atom stereocenters. The predicted molar refractivity (Wildman–Crippen MR) is 102 cm³/mol. The SMILES string of the molecule is COc1c(I)cc(/C=C(/C#N)C(=O)NC2CCCC2)cc1I. The zero-order chi connectivity index (χ0) is 16.1. The minimum Gasteiger partial charge on any atom is -0.495 e. The summed E-state index contributed by atoms with van der Waals surface area (Å²) >= 11 is 4.37. The second-order valence-electron chi connectivity index (χ2n) is 5.14. The van der Waals surface area contributed by atoms with Crippen LogP contribution in [0.4, 0.5) is 0 Å². The summed E-state index contributed by atoms with van der Waals surface area (Å²) in [6, 6.07) is 6.02. The fraction of sp³-hybridized carbons (Fsp3) is 0.375. The highest BCUT2D eigenvalue weighted by molar-refractivity contribution is 14.1. The third kappa shape index (κ3) is 4.35. The quantitative estimate of drug-likeness (QED) is 0.372. The molecule has 2 rings (SSSR count). The van der Waals surface area contributed by atoms with Crippen LogP contribution in [0.5, 0.6) is 5.75 Å². The van der Waals surface area contributed by atoms with Gasteiger partial charge in [-0.05, 0) is 81.8 Å². The summed E-state index contributed by atoms with van der Waals surface area (Å²) in [6.07, 6.45) is 5.93. The zero-order valence-corrected chi connectivity index (χ0v) is 16.5. The number of halogens is 2. The average Bonchev–Trinajstić information content (AvgIpc) is 2.97. The van der Waals surface area contributed by atoms with Crippen LogP contribution in [0.1, 0.15) is 31.2 Å². The Morgan fingerprint density at radius 2 is 1.95 bits per heavy atom. The first kappa shape index (κ1) is 17.5. The number of nitriles is 1. The molecule has 1 aromatic carbocycles. The van der Waals surface area contributed by atoms with Gasteiger partial charge in [-0.15, -0.1) is 0 Å². The minimum absolute atomic E-state index is 0.142. The molecule has 1 aliphatic carbocycles. The Morgan fingerprint density at radius 1 is 1.36 bits per heavy atom. The summed E-state index contributed by atoms with van der Waals surface area (Å²) in [5.41, 5.74) is 0.969. The molecule has 116 valence electrons. The predicted octanol–water partition coefficient (Wildman–Crippen LogP) is 3.87. The topological polar surface area (TPSA) is 62.1 Å². The van der Waals surface area contributed by atoms with Crippen molar-refractivity contribution in [2.45, 2.75) is 31.7 Å². The lowest BCUT2D eigenvalue weighted by molar-refractivity contribution is -0.117. The van der Waals surface area contributed by atoms with Crippen LogP contribution in [0.2, 0.25) is 0 Å². The number of ether oxygens (including phenoxy) is 1. The zero-order valence-electron chi connectivity index (χ0n) is 12.2. The number of carbonyl (C=O) groups is 1. The summed E-state index contributed by atoms with van der Waals surface area (Å²) in [4.78, 5) is 12.2. The molecule has 0 bridgehead atoms. The van der Waals surface area contributed by atoms with Crippen molar-refractivity contribution >= 4 is 57.2 Å². The Morgan fingerprint density at radius 3 is 2.45 bits per heavy atom. The van der Waals surface area contributed by atoms with E-state index >= 15 is 0 Å². The molecule has 0 aliphatic heterocycles. The first-order valence-corrected chi connectivity index (χ1v) is 9.16. The first-order chi connectivity index (χ1) is 10.5. The molecule has 0 saturated heterocycles. The highest BCUT2D eigenvalue weighted by atomic mass is 127. The van der Waals surface area contributed by atoms with E-state index in [1.165, 1.54) is 0 Å². The summed E-state index contributed by atoms with van der Waals surface area (Å²) in [5.74, 6) is 0.530. The number of nitrogens with one attached hydrogen (secondary N) is 1. The lowest BCUT2D eigenvalue weighted by Gasteiger charge is -2.11. The number of benzene rings is 1. The van der Waals surface area contributed by atoms with Crippen molar-refractivity contribution in [1.82, 2.24) is 5.32 Å². The fourth-order valence-corrected chi connectivity index (χ4v) is 4.76. The molecular weight excluding hydrogens is 506 g/mol. The second kappa shape index (κ2) is 8.15. The van der Waals surface area contributed by atoms with Crippen LogP contribution < -0.4 is 10.1 Å². The van der Waals surface area contributed by atoms with Gasteiger partial charge in [0, 0.05) is 6.04 Å². The van der Waals surface area contributed by atoms with E-state index < -0.39 is 0 Å². The number of carbonyl (C=O) groups excluding carboxylic acids is 1. The Bertz CT molecular complexity index is 621. The summed E-state index contributed by atoms with van der Waals surface area (Å²) in [7, 11) is 1.63. The third-order valence-corrected chi connectivity index (χ3v) is 5.19. The van der Waals surface area contributed by atoms with Gasteiger partial charge in [0.25, 0.3) is 5.91 Å². The van der Waals surface area contributed by atoms with Gasteiger partial charge < -0.3 is 10.1 Å². The molecule has 6 heteroatoms. The number of hydrogen-bond acceptors (Lipinski definition) is 3. The molecule has 1 fully saturated rings. The minimum atomic E-state index is -0.282. The van der Waals surface area contributed by atoms with Gasteiger partial charge >= 0.3 is 0 Å². The Labute approximate surface area is 157 Å². The van der Waals surface area contributed by atoms with E-state index in [4.69, 9.17) is 4.74 Å². The van der Waals surface area contributed by atoms with E-state index in [1.807, 2.05) is 18.2 Å². The molecule has 1 aromatic rings. The standard InChI is InChI=1S/C16H16I2N2O2/c1-22-15-13(17)7-10(8-14(15)18)6-11(9-19)16(21)20-12-4-2-3-5-12/h6-8,12H,2-5H2,1H3,(H,20,21)/b11-6-. The lowest BCUT2D eigenvalue weighted by atomic mass is 10.1. The molecule has 1 N–H and O–H groups in total. The maximum atomic E-state index is 12.2. The molecule has 0 aromatic heterocycles. The molecule has 1 amide bonds. The number of amides is 1. The molecular formula is C16H16I2N2O2. The maximum absolute atomic E-state index is 12.2. The molecule has 0 unspecified atom stereocenters. The van der Waals surface area contributed by atoms with Crippen molar-refractivity contribution in [3.05, 3.63) is 30.4 Å². The number of nitrogens with zero attached hydrogens (tertiary/aromatic N) is 1. The van der Waals surface area contributed by atoms with Crippen LogP contribution in [0.3, 0.4) is 0 Å². The van der Waals surface area contributed by atoms with Gasteiger partial charge in [0.05, 0.1) is 14.3 Å². The smallest absolute Gasteiger partial charge is 0.262 e. The molecule has 0 radical (unpaired) electrons. The van der Waals surface area contributed by atoms with Crippen molar-refractivity contribution in [3.8, 4) is 11.8 Å². The van der Waals surface area contributed by atoms with Gasteiger partial charge in [-0.1, -0.05) is 12.8 Å². The number of rotatable bonds is 4. The molecule has 22 heavy (non-hydrogen) atoms. The highest BCUT2D eigenvalue weighted by Crippen LogP contribution is 2.29. The van der Waals surface area contributed by atoms with Crippen molar-refractivity contribution in [3.63, 3.8) is 0 Å². The van der Waals surface area contributed by atoms with E-state index in [-0.39, 0.29) is 17.5 Å². The number of methoxy groups -OCH3 is 1. The monoisotopic (exact) mass is 522 g/mol. The van der Waals surface area contributed by atoms with Gasteiger partial charge in [-0.25, -0.2) is 0 Å². The van der Waals surface area contributed by atoms with Crippen LogP contribution in [-0.2, 0) is 4.79 Å². The van der Waals surface area contributed by atoms with Crippen molar-refractivity contribution in [2.24, 2.45) is 0 Å². The molecule has 1 saturated carbocycles. The van der Waals surface area contributed by atoms with Gasteiger partial charge in [0.15, 0.2) is 0 Å². The van der Waals surface area contributed by atoms with Crippen LogP contribution in [-0.4, -0.2) is 19.1 Å².